The molecule has 30 heavy (non-hydrogen) atoms. The van der Waals surface area contributed by atoms with Gasteiger partial charge in [-0.3, -0.25) is 29.5 Å². The Morgan fingerprint density at radius 3 is 2.17 bits per heavy atom. The number of benzene rings is 2. The summed E-state index contributed by atoms with van der Waals surface area (Å²) in [6.45, 7) is 3.97. The van der Waals surface area contributed by atoms with Crippen LogP contribution in [-0.4, -0.2) is 65.8 Å². The Balaban J connectivity index is 1.29. The summed E-state index contributed by atoms with van der Waals surface area (Å²) in [5.41, 5.74) is 1.54. The molecule has 0 atom stereocenters. The number of nitro groups is 1. The van der Waals surface area contributed by atoms with Crippen LogP contribution in [0.5, 0.6) is 0 Å². The van der Waals surface area contributed by atoms with E-state index in [0.717, 1.165) is 19.6 Å². The van der Waals surface area contributed by atoms with E-state index in [2.05, 4.69) is 4.90 Å². The molecule has 0 spiro atoms. The average Bonchev–Trinajstić information content (AvgIpc) is 2.99. The molecule has 9 heteroatoms. The van der Waals surface area contributed by atoms with Gasteiger partial charge in [0.1, 0.15) is 5.69 Å². The second-order valence-electron chi connectivity index (χ2n) is 7.38. The number of imide groups is 1. The number of hydrogen-bond acceptors (Lipinski definition) is 6. The number of hydrogen-bond donors (Lipinski definition) is 0. The fourth-order valence-electron chi connectivity index (χ4n) is 4.02. The van der Waals surface area contributed by atoms with Crippen molar-refractivity contribution in [1.29, 1.82) is 0 Å². The SMILES string of the molecule is O=C1c2ccccc2C(=O)N1CCCN1CCN(c2ccc(Cl)cc2[N+](=O)[O-])CC1. The van der Waals surface area contributed by atoms with Crippen molar-refractivity contribution in [2.45, 2.75) is 6.42 Å². The third-order valence-corrected chi connectivity index (χ3v) is 5.82. The highest BCUT2D eigenvalue weighted by Crippen LogP contribution is 2.31. The molecule has 0 radical (unpaired) electrons. The molecule has 0 bridgehead atoms. The summed E-state index contributed by atoms with van der Waals surface area (Å²) < 4.78 is 0. The number of halogens is 1. The molecule has 0 aromatic heterocycles. The summed E-state index contributed by atoms with van der Waals surface area (Å²) in [5, 5.41) is 11.7. The quantitative estimate of drug-likeness (QED) is 0.399. The van der Waals surface area contributed by atoms with Crippen LogP contribution in [0.3, 0.4) is 0 Å². The van der Waals surface area contributed by atoms with Crippen molar-refractivity contribution in [1.82, 2.24) is 9.80 Å². The van der Waals surface area contributed by atoms with E-state index in [0.29, 0.717) is 47.9 Å². The van der Waals surface area contributed by atoms with E-state index in [-0.39, 0.29) is 17.5 Å². The van der Waals surface area contributed by atoms with Crippen LogP contribution >= 0.6 is 11.6 Å². The van der Waals surface area contributed by atoms with Crippen LogP contribution in [0.15, 0.2) is 42.5 Å². The number of carbonyl (C=O) groups is 2. The molecule has 4 rings (SSSR count). The summed E-state index contributed by atoms with van der Waals surface area (Å²) in [6.07, 6.45) is 0.687. The second-order valence-corrected chi connectivity index (χ2v) is 7.82. The Kier molecular flexibility index (Phi) is 5.69. The van der Waals surface area contributed by atoms with Gasteiger partial charge in [-0.1, -0.05) is 23.7 Å². The van der Waals surface area contributed by atoms with Crippen molar-refractivity contribution in [3.8, 4) is 0 Å². The predicted octanol–water partition coefficient (Wildman–Crippen LogP) is 3.06. The second kappa shape index (κ2) is 8.41. The first-order chi connectivity index (χ1) is 14.5. The zero-order valence-corrected chi connectivity index (χ0v) is 17.0. The molecule has 156 valence electrons. The highest BCUT2D eigenvalue weighted by Gasteiger charge is 2.34. The molecular formula is C21H21ClN4O4. The molecule has 0 N–H and O–H groups in total. The third-order valence-electron chi connectivity index (χ3n) is 5.58. The molecule has 2 aliphatic heterocycles. The summed E-state index contributed by atoms with van der Waals surface area (Å²) in [4.78, 5) is 41.3. The van der Waals surface area contributed by atoms with E-state index in [9.17, 15) is 19.7 Å². The third kappa shape index (κ3) is 3.88. The van der Waals surface area contributed by atoms with Crippen LogP contribution in [0.1, 0.15) is 27.1 Å². The molecule has 0 saturated carbocycles. The maximum Gasteiger partial charge on any atom is 0.294 e. The highest BCUT2D eigenvalue weighted by atomic mass is 35.5. The van der Waals surface area contributed by atoms with Gasteiger partial charge in [-0.15, -0.1) is 0 Å². The molecule has 1 fully saturated rings. The molecule has 8 nitrogen and oxygen atoms in total. The van der Waals surface area contributed by atoms with Crippen LogP contribution in [0.2, 0.25) is 5.02 Å². The number of fused-ring (bicyclic) bond motifs is 1. The van der Waals surface area contributed by atoms with Gasteiger partial charge in [0.2, 0.25) is 0 Å². The lowest BCUT2D eigenvalue weighted by molar-refractivity contribution is -0.384. The monoisotopic (exact) mass is 428 g/mol. The number of amides is 2. The minimum absolute atomic E-state index is 0.0153. The van der Waals surface area contributed by atoms with Gasteiger partial charge in [-0.25, -0.2) is 0 Å². The van der Waals surface area contributed by atoms with Crippen LogP contribution < -0.4 is 4.90 Å². The van der Waals surface area contributed by atoms with Crippen LogP contribution in [0.25, 0.3) is 0 Å². The van der Waals surface area contributed by atoms with E-state index < -0.39 is 4.92 Å². The number of anilines is 1. The van der Waals surface area contributed by atoms with Crippen molar-refractivity contribution in [2.75, 3.05) is 44.2 Å². The molecule has 0 aliphatic carbocycles. The zero-order chi connectivity index (χ0) is 21.3. The standard InChI is InChI=1S/C21H21ClN4O4/c22-15-6-7-18(19(14-15)26(29)30)24-12-10-23(11-13-24)8-3-9-25-20(27)16-4-1-2-5-17(16)21(25)28/h1-2,4-7,14H,3,8-13H2. The molecule has 2 aliphatic rings. The van der Waals surface area contributed by atoms with Crippen LogP contribution in [0, 0.1) is 10.1 Å². The Hall–Kier alpha value is -2.97. The molecule has 2 amide bonds. The molecule has 1 saturated heterocycles. The fraction of sp³-hybridized carbons (Fsp3) is 0.333. The van der Waals surface area contributed by atoms with E-state index in [1.54, 1.807) is 36.4 Å². The van der Waals surface area contributed by atoms with Crippen molar-refractivity contribution in [3.05, 3.63) is 68.7 Å². The van der Waals surface area contributed by atoms with Crippen LogP contribution in [0.4, 0.5) is 11.4 Å². The topological polar surface area (TPSA) is 87.0 Å². The van der Waals surface area contributed by atoms with Gasteiger partial charge in [0.15, 0.2) is 0 Å². The number of rotatable bonds is 6. The summed E-state index contributed by atoms with van der Waals surface area (Å²) in [7, 11) is 0. The lowest BCUT2D eigenvalue weighted by Gasteiger charge is -2.36. The number of nitrogens with zero attached hydrogens (tertiary/aromatic N) is 4. The lowest BCUT2D eigenvalue weighted by Crippen LogP contribution is -2.47. The van der Waals surface area contributed by atoms with E-state index >= 15 is 0 Å². The number of carbonyl (C=O) groups excluding carboxylic acids is 2. The van der Waals surface area contributed by atoms with Gasteiger partial charge in [0, 0.05) is 43.8 Å². The minimum atomic E-state index is -0.407. The molecular weight excluding hydrogens is 408 g/mol. The smallest absolute Gasteiger partial charge is 0.294 e. The first kappa shape index (κ1) is 20.3. The predicted molar refractivity (Wildman–Crippen MR) is 113 cm³/mol. The highest BCUT2D eigenvalue weighted by molar-refractivity contribution is 6.31. The van der Waals surface area contributed by atoms with E-state index in [4.69, 9.17) is 11.6 Å². The van der Waals surface area contributed by atoms with Crippen LogP contribution in [-0.2, 0) is 0 Å². The Bertz CT molecular complexity index is 969. The minimum Gasteiger partial charge on any atom is -0.363 e. The van der Waals surface area contributed by atoms with Gasteiger partial charge in [-0.2, -0.15) is 0 Å². The summed E-state index contributed by atoms with van der Waals surface area (Å²) in [5.74, 6) is -0.453. The average molecular weight is 429 g/mol. The van der Waals surface area contributed by atoms with Crippen molar-refractivity contribution < 1.29 is 14.5 Å². The lowest BCUT2D eigenvalue weighted by atomic mass is 10.1. The van der Waals surface area contributed by atoms with Gasteiger partial charge >= 0.3 is 0 Å². The van der Waals surface area contributed by atoms with Gasteiger partial charge in [-0.05, 0) is 37.2 Å². The molecule has 2 aromatic carbocycles. The van der Waals surface area contributed by atoms with Crippen molar-refractivity contribution >= 4 is 34.8 Å². The fourth-order valence-corrected chi connectivity index (χ4v) is 4.18. The van der Waals surface area contributed by atoms with Crippen molar-refractivity contribution in [2.24, 2.45) is 0 Å². The van der Waals surface area contributed by atoms with E-state index in [1.165, 1.54) is 11.0 Å². The Morgan fingerprint density at radius 1 is 0.933 bits per heavy atom. The summed E-state index contributed by atoms with van der Waals surface area (Å²) in [6, 6.07) is 11.6. The molecule has 2 aromatic rings. The van der Waals surface area contributed by atoms with Gasteiger partial charge in [0.25, 0.3) is 17.5 Å². The van der Waals surface area contributed by atoms with E-state index in [1.807, 2.05) is 4.90 Å². The number of piperazine rings is 1. The number of nitro benzene ring substituents is 1. The van der Waals surface area contributed by atoms with Crippen molar-refractivity contribution in [3.63, 3.8) is 0 Å². The molecule has 0 unspecified atom stereocenters. The first-order valence-electron chi connectivity index (χ1n) is 9.82. The molecule has 2 heterocycles. The van der Waals surface area contributed by atoms with Gasteiger partial charge in [0.05, 0.1) is 16.1 Å². The largest absolute Gasteiger partial charge is 0.363 e. The Morgan fingerprint density at radius 2 is 1.57 bits per heavy atom. The Labute approximate surface area is 178 Å². The maximum absolute atomic E-state index is 12.4. The first-order valence-corrected chi connectivity index (χ1v) is 10.2. The zero-order valence-electron chi connectivity index (χ0n) is 16.3. The summed E-state index contributed by atoms with van der Waals surface area (Å²) >= 11 is 5.90. The normalized spacial score (nSPS) is 16.8. The van der Waals surface area contributed by atoms with Gasteiger partial charge < -0.3 is 4.90 Å². The maximum atomic E-state index is 12.4.